The van der Waals surface area contributed by atoms with E-state index in [1.807, 2.05) is 18.2 Å². The van der Waals surface area contributed by atoms with Crippen molar-refractivity contribution in [2.45, 2.75) is 31.2 Å². The van der Waals surface area contributed by atoms with Gasteiger partial charge in [0.05, 0.1) is 22.3 Å². The monoisotopic (exact) mass is 464 g/mol. The standard InChI is InChI=1S/C23H24N6O3S/c1-23(2,3)28-33(31,32)19-9-5-6-15(13-19)20-11-10-18-14-25-22(27-29(18)20)26-17-8-4-7-16(12-17)21(24)30/h4-14,28H,1-3H3,(H2,24,30)(H,26,27). The minimum Gasteiger partial charge on any atom is -0.366 e. The van der Waals surface area contributed by atoms with Gasteiger partial charge in [-0.25, -0.2) is 22.6 Å². The summed E-state index contributed by atoms with van der Waals surface area (Å²) in [6.07, 6.45) is 1.65. The largest absolute Gasteiger partial charge is 0.366 e. The molecule has 0 aliphatic carbocycles. The molecule has 0 aliphatic heterocycles. The molecule has 9 nitrogen and oxygen atoms in total. The Balaban J connectivity index is 1.70. The summed E-state index contributed by atoms with van der Waals surface area (Å²) < 4.78 is 29.9. The fourth-order valence-corrected chi connectivity index (χ4v) is 4.81. The number of sulfonamides is 1. The summed E-state index contributed by atoms with van der Waals surface area (Å²) in [5.74, 6) is -0.224. The van der Waals surface area contributed by atoms with Crippen LogP contribution in [-0.2, 0) is 10.0 Å². The number of carbonyl (C=O) groups is 1. The average molecular weight is 465 g/mol. The van der Waals surface area contributed by atoms with Gasteiger partial charge in [0.15, 0.2) is 0 Å². The number of anilines is 2. The molecular weight excluding hydrogens is 440 g/mol. The Morgan fingerprint density at radius 1 is 1.03 bits per heavy atom. The van der Waals surface area contributed by atoms with Crippen molar-refractivity contribution in [3.8, 4) is 11.3 Å². The van der Waals surface area contributed by atoms with Gasteiger partial charge in [-0.15, -0.1) is 5.10 Å². The van der Waals surface area contributed by atoms with Crippen LogP contribution < -0.4 is 15.8 Å². The molecule has 0 bridgehead atoms. The van der Waals surface area contributed by atoms with E-state index in [1.165, 1.54) is 0 Å². The van der Waals surface area contributed by atoms with E-state index in [1.54, 1.807) is 73.9 Å². The molecule has 0 saturated heterocycles. The third kappa shape index (κ3) is 5.02. The first-order valence-electron chi connectivity index (χ1n) is 10.2. The molecule has 2 heterocycles. The zero-order valence-corrected chi connectivity index (χ0v) is 19.2. The Labute approximate surface area is 191 Å². The van der Waals surface area contributed by atoms with E-state index in [9.17, 15) is 13.2 Å². The third-order valence-corrected chi connectivity index (χ3v) is 6.44. The van der Waals surface area contributed by atoms with Gasteiger partial charge in [0.2, 0.25) is 21.9 Å². The van der Waals surface area contributed by atoms with Crippen LogP contribution in [0.5, 0.6) is 0 Å². The second kappa shape index (κ2) is 8.30. The molecule has 0 saturated carbocycles. The Bertz CT molecular complexity index is 1450. The maximum atomic E-state index is 12.8. The van der Waals surface area contributed by atoms with E-state index in [4.69, 9.17) is 5.73 Å². The van der Waals surface area contributed by atoms with Crippen LogP contribution >= 0.6 is 0 Å². The first-order chi connectivity index (χ1) is 15.5. The van der Waals surface area contributed by atoms with E-state index < -0.39 is 21.5 Å². The maximum Gasteiger partial charge on any atom is 0.248 e. The number of carbonyl (C=O) groups excluding carboxylic acids is 1. The smallest absolute Gasteiger partial charge is 0.248 e. The van der Waals surface area contributed by atoms with Crippen molar-refractivity contribution in [2.75, 3.05) is 5.32 Å². The van der Waals surface area contributed by atoms with Crippen LogP contribution in [0, 0.1) is 0 Å². The molecular formula is C23H24N6O3S. The summed E-state index contributed by atoms with van der Waals surface area (Å²) in [5.41, 5.74) is 7.85. The van der Waals surface area contributed by atoms with E-state index in [0.29, 0.717) is 28.5 Å². The zero-order chi connectivity index (χ0) is 23.8. The van der Waals surface area contributed by atoms with Crippen molar-refractivity contribution in [3.63, 3.8) is 0 Å². The summed E-state index contributed by atoms with van der Waals surface area (Å²) >= 11 is 0. The second-order valence-electron chi connectivity index (χ2n) is 8.59. The molecule has 1 amide bonds. The van der Waals surface area contributed by atoms with Gasteiger partial charge in [-0.2, -0.15) is 0 Å². The van der Waals surface area contributed by atoms with Gasteiger partial charge in [-0.05, 0) is 63.2 Å². The lowest BCUT2D eigenvalue weighted by molar-refractivity contribution is 0.100. The van der Waals surface area contributed by atoms with Crippen LogP contribution in [0.3, 0.4) is 0 Å². The molecule has 170 valence electrons. The van der Waals surface area contributed by atoms with Gasteiger partial charge in [-0.3, -0.25) is 4.79 Å². The van der Waals surface area contributed by atoms with Gasteiger partial charge >= 0.3 is 0 Å². The summed E-state index contributed by atoms with van der Waals surface area (Å²) in [6.45, 7) is 5.37. The van der Waals surface area contributed by atoms with E-state index in [2.05, 4.69) is 20.1 Å². The minimum absolute atomic E-state index is 0.167. The van der Waals surface area contributed by atoms with Crippen LogP contribution in [0.2, 0.25) is 0 Å². The van der Waals surface area contributed by atoms with Crippen molar-refractivity contribution >= 4 is 33.1 Å². The normalized spacial score (nSPS) is 12.1. The SMILES string of the molecule is CC(C)(C)NS(=O)(=O)c1cccc(-c2ccc3cnc(Nc4cccc(C(N)=O)c4)nn23)c1. The molecule has 0 unspecified atom stereocenters. The van der Waals surface area contributed by atoms with Crippen molar-refractivity contribution in [1.82, 2.24) is 19.3 Å². The quantitative estimate of drug-likeness (QED) is 0.401. The predicted octanol–water partition coefficient (Wildman–Crippen LogP) is 3.32. The number of nitrogens with one attached hydrogen (secondary N) is 2. The number of benzene rings is 2. The Morgan fingerprint density at radius 2 is 1.79 bits per heavy atom. The lowest BCUT2D eigenvalue weighted by Crippen LogP contribution is -2.40. The average Bonchev–Trinajstić information content (AvgIpc) is 3.16. The number of rotatable bonds is 6. The molecule has 0 atom stereocenters. The molecule has 0 fully saturated rings. The molecule has 0 spiro atoms. The number of aromatic nitrogens is 3. The molecule has 33 heavy (non-hydrogen) atoms. The molecule has 4 rings (SSSR count). The van der Waals surface area contributed by atoms with Gasteiger partial charge in [0, 0.05) is 22.4 Å². The fourth-order valence-electron chi connectivity index (χ4n) is 3.34. The van der Waals surface area contributed by atoms with Gasteiger partial charge in [0.25, 0.3) is 0 Å². The molecule has 2 aromatic heterocycles. The molecule has 10 heteroatoms. The zero-order valence-electron chi connectivity index (χ0n) is 18.4. The number of nitrogens with zero attached hydrogens (tertiary/aromatic N) is 3. The van der Waals surface area contributed by atoms with Crippen molar-refractivity contribution in [1.29, 1.82) is 0 Å². The van der Waals surface area contributed by atoms with Crippen molar-refractivity contribution in [3.05, 3.63) is 72.4 Å². The summed E-state index contributed by atoms with van der Waals surface area (Å²) in [4.78, 5) is 15.9. The Morgan fingerprint density at radius 3 is 2.52 bits per heavy atom. The molecule has 4 N–H and O–H groups in total. The summed E-state index contributed by atoms with van der Waals surface area (Å²) in [7, 11) is -3.69. The molecule has 2 aromatic carbocycles. The highest BCUT2D eigenvalue weighted by Crippen LogP contribution is 2.25. The minimum atomic E-state index is -3.69. The maximum absolute atomic E-state index is 12.8. The highest BCUT2D eigenvalue weighted by atomic mass is 32.2. The molecule has 0 radical (unpaired) electrons. The Kier molecular flexibility index (Phi) is 5.64. The number of primary amides is 1. The van der Waals surface area contributed by atoms with Crippen molar-refractivity contribution in [2.24, 2.45) is 5.73 Å². The van der Waals surface area contributed by atoms with Crippen LogP contribution in [0.4, 0.5) is 11.6 Å². The number of hydrogen-bond donors (Lipinski definition) is 3. The fraction of sp³-hybridized carbons (Fsp3) is 0.174. The van der Waals surface area contributed by atoms with Crippen LogP contribution in [-0.4, -0.2) is 34.5 Å². The lowest BCUT2D eigenvalue weighted by Gasteiger charge is -2.20. The van der Waals surface area contributed by atoms with Crippen LogP contribution in [0.25, 0.3) is 16.8 Å². The van der Waals surface area contributed by atoms with Gasteiger partial charge in [-0.1, -0.05) is 18.2 Å². The molecule has 4 aromatic rings. The number of hydrogen-bond acceptors (Lipinski definition) is 6. The molecule has 0 aliphatic rings. The second-order valence-corrected chi connectivity index (χ2v) is 10.3. The van der Waals surface area contributed by atoms with Gasteiger partial charge in [0.1, 0.15) is 0 Å². The van der Waals surface area contributed by atoms with Crippen LogP contribution in [0.15, 0.2) is 71.8 Å². The lowest BCUT2D eigenvalue weighted by atomic mass is 10.1. The predicted molar refractivity (Wildman–Crippen MR) is 127 cm³/mol. The van der Waals surface area contributed by atoms with E-state index >= 15 is 0 Å². The summed E-state index contributed by atoms with van der Waals surface area (Å²) in [6, 6.07) is 17.1. The highest BCUT2D eigenvalue weighted by molar-refractivity contribution is 7.89. The van der Waals surface area contributed by atoms with Crippen LogP contribution in [0.1, 0.15) is 31.1 Å². The van der Waals surface area contributed by atoms with Crippen molar-refractivity contribution < 1.29 is 13.2 Å². The first-order valence-corrected chi connectivity index (χ1v) is 11.7. The third-order valence-electron chi connectivity index (χ3n) is 4.68. The van der Waals surface area contributed by atoms with Gasteiger partial charge < -0.3 is 11.1 Å². The number of fused-ring (bicyclic) bond motifs is 1. The summed E-state index contributed by atoms with van der Waals surface area (Å²) in [5, 5.41) is 7.61. The first kappa shape index (κ1) is 22.4. The van der Waals surface area contributed by atoms with E-state index in [0.717, 1.165) is 5.52 Å². The Hall–Kier alpha value is -3.76. The topological polar surface area (TPSA) is 131 Å². The number of amides is 1. The number of nitrogens with two attached hydrogens (primary N) is 1. The highest BCUT2D eigenvalue weighted by Gasteiger charge is 2.22. The van der Waals surface area contributed by atoms with E-state index in [-0.39, 0.29) is 4.90 Å².